The summed E-state index contributed by atoms with van der Waals surface area (Å²) >= 11 is 1.66. The standard InChI is InChI=1S/C24H36N4O2S/c1-3-28-12-4-6-20(28)16-25-23(29)9-8-19-10-13-27(14-11-19)17-21-18(2)30-24(26-21)22-7-5-15-31-22/h5,7,15,19-20H,3-4,6,8-14,16-17H2,1-2H3,(H,25,29)/t20-/m0/s1. The molecular weight excluding hydrogens is 408 g/mol. The fourth-order valence-electron chi connectivity index (χ4n) is 4.92. The summed E-state index contributed by atoms with van der Waals surface area (Å²) < 4.78 is 5.89. The Morgan fingerprint density at radius 1 is 1.29 bits per heavy atom. The number of amides is 1. The van der Waals surface area contributed by atoms with Crippen LogP contribution in [0, 0.1) is 12.8 Å². The quantitative estimate of drug-likeness (QED) is 0.625. The molecule has 0 aliphatic carbocycles. The molecule has 0 radical (unpaired) electrons. The molecule has 6 nitrogen and oxygen atoms in total. The molecule has 31 heavy (non-hydrogen) atoms. The first-order valence-electron chi connectivity index (χ1n) is 11.9. The highest BCUT2D eigenvalue weighted by Gasteiger charge is 2.24. The van der Waals surface area contributed by atoms with Gasteiger partial charge < -0.3 is 9.73 Å². The zero-order valence-corrected chi connectivity index (χ0v) is 19.8. The Bertz CT molecular complexity index is 827. The molecule has 1 N–H and O–H groups in total. The zero-order chi connectivity index (χ0) is 21.6. The van der Waals surface area contributed by atoms with Crippen LogP contribution in [0.15, 0.2) is 21.9 Å². The Kier molecular flexibility index (Phi) is 7.80. The minimum atomic E-state index is 0.227. The lowest BCUT2D eigenvalue weighted by Gasteiger charge is -2.31. The van der Waals surface area contributed by atoms with E-state index in [2.05, 4.69) is 28.1 Å². The van der Waals surface area contributed by atoms with Gasteiger partial charge in [0.15, 0.2) is 0 Å². The fraction of sp³-hybridized carbons (Fsp3) is 0.667. The van der Waals surface area contributed by atoms with Gasteiger partial charge in [0, 0.05) is 25.6 Å². The maximum atomic E-state index is 12.3. The van der Waals surface area contributed by atoms with Gasteiger partial charge in [-0.05, 0) is 82.6 Å². The number of likely N-dealkylation sites (N-methyl/N-ethyl adjacent to an activating group) is 1. The highest BCUT2D eigenvalue weighted by Crippen LogP contribution is 2.28. The predicted octanol–water partition coefficient (Wildman–Crippen LogP) is 4.30. The second-order valence-electron chi connectivity index (χ2n) is 8.99. The van der Waals surface area contributed by atoms with E-state index in [1.165, 1.54) is 19.4 Å². The first kappa shape index (κ1) is 22.5. The normalized spacial score (nSPS) is 21.0. The number of carbonyl (C=O) groups is 1. The molecule has 7 heteroatoms. The van der Waals surface area contributed by atoms with Crippen molar-refractivity contribution in [3.8, 4) is 10.8 Å². The number of aromatic nitrogens is 1. The zero-order valence-electron chi connectivity index (χ0n) is 18.9. The van der Waals surface area contributed by atoms with E-state index in [1.54, 1.807) is 11.3 Å². The smallest absolute Gasteiger partial charge is 0.236 e. The molecule has 2 aliphatic heterocycles. The van der Waals surface area contributed by atoms with E-state index >= 15 is 0 Å². The molecule has 4 rings (SSSR count). The Hall–Kier alpha value is -1.70. The van der Waals surface area contributed by atoms with Gasteiger partial charge in [0.05, 0.1) is 10.6 Å². The van der Waals surface area contributed by atoms with Crippen LogP contribution in [0.25, 0.3) is 10.8 Å². The lowest BCUT2D eigenvalue weighted by atomic mass is 9.92. The van der Waals surface area contributed by atoms with Crippen molar-refractivity contribution in [1.29, 1.82) is 0 Å². The monoisotopic (exact) mass is 444 g/mol. The molecule has 4 heterocycles. The van der Waals surface area contributed by atoms with E-state index in [1.807, 2.05) is 18.4 Å². The second-order valence-corrected chi connectivity index (χ2v) is 9.93. The first-order chi connectivity index (χ1) is 15.1. The Morgan fingerprint density at radius 2 is 2.13 bits per heavy atom. The van der Waals surface area contributed by atoms with Gasteiger partial charge in [0.1, 0.15) is 5.76 Å². The number of hydrogen-bond acceptors (Lipinski definition) is 6. The summed E-state index contributed by atoms with van der Waals surface area (Å²) in [7, 11) is 0. The van der Waals surface area contributed by atoms with Crippen molar-refractivity contribution in [1.82, 2.24) is 20.1 Å². The maximum Gasteiger partial charge on any atom is 0.236 e. The number of nitrogens with one attached hydrogen (secondary N) is 1. The van der Waals surface area contributed by atoms with Crippen LogP contribution in [0.3, 0.4) is 0 Å². The third-order valence-corrected chi connectivity index (χ3v) is 7.78. The Labute approximate surface area is 190 Å². The molecule has 1 amide bonds. The third-order valence-electron chi connectivity index (χ3n) is 6.92. The summed E-state index contributed by atoms with van der Waals surface area (Å²) in [5.41, 5.74) is 1.05. The van der Waals surface area contributed by atoms with Crippen LogP contribution in [0.4, 0.5) is 0 Å². The molecule has 2 saturated heterocycles. The minimum Gasteiger partial charge on any atom is -0.440 e. The van der Waals surface area contributed by atoms with Crippen LogP contribution in [0.1, 0.15) is 56.9 Å². The lowest BCUT2D eigenvalue weighted by molar-refractivity contribution is -0.121. The molecule has 170 valence electrons. The summed E-state index contributed by atoms with van der Waals surface area (Å²) in [4.78, 5) is 23.1. The fourth-order valence-corrected chi connectivity index (χ4v) is 5.57. The van der Waals surface area contributed by atoms with Crippen molar-refractivity contribution in [2.45, 2.75) is 65.0 Å². The van der Waals surface area contributed by atoms with Crippen LogP contribution in [-0.2, 0) is 11.3 Å². The molecule has 0 unspecified atom stereocenters. The molecule has 2 aromatic rings. The van der Waals surface area contributed by atoms with Gasteiger partial charge in [-0.2, -0.15) is 0 Å². The third kappa shape index (κ3) is 5.96. The van der Waals surface area contributed by atoms with E-state index in [9.17, 15) is 4.79 Å². The number of likely N-dealkylation sites (tertiary alicyclic amines) is 2. The number of hydrogen-bond donors (Lipinski definition) is 1. The predicted molar refractivity (Wildman–Crippen MR) is 125 cm³/mol. The second kappa shape index (κ2) is 10.7. The van der Waals surface area contributed by atoms with Gasteiger partial charge in [-0.15, -0.1) is 11.3 Å². The Balaban J connectivity index is 1.15. The van der Waals surface area contributed by atoms with Crippen LogP contribution in [0.2, 0.25) is 0 Å². The molecule has 1 atom stereocenters. The topological polar surface area (TPSA) is 61.6 Å². The Morgan fingerprint density at radius 3 is 2.87 bits per heavy atom. The molecule has 2 aromatic heterocycles. The van der Waals surface area contributed by atoms with E-state index in [-0.39, 0.29) is 5.91 Å². The van der Waals surface area contributed by atoms with Crippen LogP contribution in [0.5, 0.6) is 0 Å². The van der Waals surface area contributed by atoms with E-state index in [0.717, 1.165) is 74.2 Å². The number of rotatable bonds is 9. The van der Waals surface area contributed by atoms with Crippen LogP contribution >= 0.6 is 11.3 Å². The maximum absolute atomic E-state index is 12.3. The van der Waals surface area contributed by atoms with Gasteiger partial charge in [-0.3, -0.25) is 14.6 Å². The van der Waals surface area contributed by atoms with Crippen molar-refractivity contribution < 1.29 is 9.21 Å². The van der Waals surface area contributed by atoms with Gasteiger partial charge in [-0.1, -0.05) is 13.0 Å². The molecule has 2 aliphatic rings. The first-order valence-corrected chi connectivity index (χ1v) is 12.7. The summed E-state index contributed by atoms with van der Waals surface area (Å²) in [6.07, 6.45) is 6.47. The van der Waals surface area contributed by atoms with Gasteiger partial charge in [0.2, 0.25) is 11.8 Å². The van der Waals surface area contributed by atoms with Crippen molar-refractivity contribution in [2.75, 3.05) is 32.7 Å². The minimum absolute atomic E-state index is 0.227. The number of thiophene rings is 1. The number of nitrogens with zero attached hydrogens (tertiary/aromatic N) is 3. The van der Waals surface area contributed by atoms with E-state index < -0.39 is 0 Å². The molecule has 2 fully saturated rings. The van der Waals surface area contributed by atoms with Crippen molar-refractivity contribution >= 4 is 17.2 Å². The van der Waals surface area contributed by atoms with Crippen LogP contribution < -0.4 is 5.32 Å². The highest BCUT2D eigenvalue weighted by atomic mass is 32.1. The SMILES string of the molecule is CCN1CCC[C@H]1CNC(=O)CCC1CCN(Cc2nc(-c3cccs3)oc2C)CC1. The number of carbonyl (C=O) groups excluding carboxylic acids is 1. The van der Waals surface area contributed by atoms with Crippen molar-refractivity contribution in [2.24, 2.45) is 5.92 Å². The van der Waals surface area contributed by atoms with Gasteiger partial charge in [-0.25, -0.2) is 4.98 Å². The van der Waals surface area contributed by atoms with E-state index in [4.69, 9.17) is 9.40 Å². The molecule has 0 saturated carbocycles. The highest BCUT2D eigenvalue weighted by molar-refractivity contribution is 7.13. The summed E-state index contributed by atoms with van der Waals surface area (Å²) in [6, 6.07) is 4.62. The number of oxazole rings is 1. The average Bonchev–Trinajstić information content (AvgIpc) is 3.53. The van der Waals surface area contributed by atoms with Gasteiger partial charge >= 0.3 is 0 Å². The molecule has 0 spiro atoms. The summed E-state index contributed by atoms with van der Waals surface area (Å²) in [5, 5.41) is 5.23. The number of piperidine rings is 1. The van der Waals surface area contributed by atoms with Crippen LogP contribution in [-0.4, -0.2) is 59.5 Å². The molecule has 0 bridgehead atoms. The molecular formula is C24H36N4O2S. The number of aryl methyl sites for hydroxylation is 1. The lowest BCUT2D eigenvalue weighted by Crippen LogP contribution is -2.40. The van der Waals surface area contributed by atoms with Gasteiger partial charge in [0.25, 0.3) is 0 Å². The van der Waals surface area contributed by atoms with E-state index in [0.29, 0.717) is 18.4 Å². The summed E-state index contributed by atoms with van der Waals surface area (Å²) in [5.74, 6) is 2.54. The largest absolute Gasteiger partial charge is 0.440 e. The van der Waals surface area contributed by atoms with Crippen molar-refractivity contribution in [3.05, 3.63) is 29.0 Å². The summed E-state index contributed by atoms with van der Waals surface area (Å²) in [6.45, 7) is 10.3. The molecule has 0 aromatic carbocycles. The average molecular weight is 445 g/mol. The van der Waals surface area contributed by atoms with Crippen molar-refractivity contribution in [3.63, 3.8) is 0 Å².